The summed E-state index contributed by atoms with van der Waals surface area (Å²) in [6, 6.07) is 73.6. The van der Waals surface area contributed by atoms with Crippen molar-refractivity contribution in [2.24, 2.45) is 0 Å². The van der Waals surface area contributed by atoms with E-state index in [1.54, 1.807) is 0 Å². The zero-order chi connectivity index (χ0) is 33.8. The Labute approximate surface area is 302 Å². The molecule has 0 saturated heterocycles. The predicted octanol–water partition coefficient (Wildman–Crippen LogP) is 13.6. The fourth-order valence-electron chi connectivity index (χ4n) is 8.38. The molecule has 1 aromatic heterocycles. The number of para-hydroxylation sites is 1. The molecule has 0 radical (unpaired) electrons. The Morgan fingerprint density at radius 1 is 0.373 bits per heavy atom. The monoisotopic (exact) mass is 667 g/mol. The number of nitrogens with zero attached hydrogens (tertiary/aromatic N) is 1. The molecule has 0 unspecified atom stereocenters. The minimum absolute atomic E-state index is 0.484. The highest BCUT2D eigenvalue weighted by Crippen LogP contribution is 2.57. The van der Waals surface area contributed by atoms with E-state index < -0.39 is 5.41 Å². The average Bonchev–Trinajstić information content (AvgIpc) is 3.73. The van der Waals surface area contributed by atoms with Crippen LogP contribution in [0.4, 0.5) is 17.1 Å². The second kappa shape index (κ2) is 12.0. The third-order valence-corrected chi connectivity index (χ3v) is 11.7. The second-order valence-electron chi connectivity index (χ2n) is 13.3. The van der Waals surface area contributed by atoms with E-state index in [1.807, 2.05) is 11.3 Å². The fourth-order valence-corrected chi connectivity index (χ4v) is 9.47. The van der Waals surface area contributed by atoms with Crippen molar-refractivity contribution in [2.45, 2.75) is 5.41 Å². The molecular weight excluding hydrogens is 635 g/mol. The Morgan fingerprint density at radius 2 is 0.922 bits per heavy atom. The van der Waals surface area contributed by atoms with Crippen LogP contribution < -0.4 is 4.90 Å². The van der Waals surface area contributed by atoms with Gasteiger partial charge in [-0.15, -0.1) is 11.3 Å². The number of rotatable bonds is 6. The molecule has 0 bridgehead atoms. The van der Waals surface area contributed by atoms with E-state index in [4.69, 9.17) is 0 Å². The summed E-state index contributed by atoms with van der Waals surface area (Å²) in [6.07, 6.45) is 0. The van der Waals surface area contributed by atoms with Gasteiger partial charge in [-0.3, -0.25) is 0 Å². The molecule has 0 spiro atoms. The molecule has 2 heteroatoms. The van der Waals surface area contributed by atoms with Gasteiger partial charge in [-0.25, -0.2) is 0 Å². The zero-order valence-corrected chi connectivity index (χ0v) is 28.7. The van der Waals surface area contributed by atoms with Crippen LogP contribution in [0.1, 0.15) is 22.3 Å². The SMILES string of the molecule is c1ccc(-c2ccccc2N(c2ccc3c(c2)C(c2ccccc2)(c2ccccc2)c2ccccc2-3)c2ccc3sc4ccccc4c3c2)cc1. The van der Waals surface area contributed by atoms with Crippen molar-refractivity contribution in [1.29, 1.82) is 0 Å². The Bertz CT molecular complexity index is 2650. The highest BCUT2D eigenvalue weighted by atomic mass is 32.1. The van der Waals surface area contributed by atoms with E-state index in [9.17, 15) is 0 Å². The van der Waals surface area contributed by atoms with Crippen LogP contribution in [-0.4, -0.2) is 0 Å². The summed E-state index contributed by atoms with van der Waals surface area (Å²) in [5.41, 5.74) is 13.0. The maximum atomic E-state index is 2.47. The first-order valence-electron chi connectivity index (χ1n) is 17.5. The molecule has 0 atom stereocenters. The lowest BCUT2D eigenvalue weighted by Crippen LogP contribution is -2.28. The van der Waals surface area contributed by atoms with Gasteiger partial charge in [-0.1, -0.05) is 158 Å². The van der Waals surface area contributed by atoms with Crippen molar-refractivity contribution in [1.82, 2.24) is 0 Å². The third kappa shape index (κ3) is 4.61. The van der Waals surface area contributed by atoms with Crippen molar-refractivity contribution in [3.8, 4) is 22.3 Å². The lowest BCUT2D eigenvalue weighted by molar-refractivity contribution is 0.768. The Hall–Kier alpha value is -6.22. The number of fused-ring (bicyclic) bond motifs is 6. The first-order valence-corrected chi connectivity index (χ1v) is 18.3. The minimum Gasteiger partial charge on any atom is -0.310 e. The summed E-state index contributed by atoms with van der Waals surface area (Å²) in [5.74, 6) is 0. The molecule has 1 aliphatic rings. The Balaban J connectivity index is 1.28. The van der Waals surface area contributed by atoms with E-state index in [0.29, 0.717) is 0 Å². The molecule has 51 heavy (non-hydrogen) atoms. The van der Waals surface area contributed by atoms with E-state index in [-0.39, 0.29) is 0 Å². The molecule has 10 rings (SSSR count). The summed E-state index contributed by atoms with van der Waals surface area (Å²) in [6.45, 7) is 0. The Kier molecular flexibility index (Phi) is 6.97. The molecule has 240 valence electrons. The number of hydrogen-bond acceptors (Lipinski definition) is 2. The number of benzene rings is 8. The van der Waals surface area contributed by atoms with Crippen LogP contribution in [0, 0.1) is 0 Å². The zero-order valence-electron chi connectivity index (χ0n) is 27.9. The molecule has 0 fully saturated rings. The normalized spacial score (nSPS) is 12.9. The van der Waals surface area contributed by atoms with Gasteiger partial charge < -0.3 is 4.90 Å². The van der Waals surface area contributed by atoms with Gasteiger partial charge in [0.1, 0.15) is 0 Å². The maximum absolute atomic E-state index is 2.47. The van der Waals surface area contributed by atoms with Gasteiger partial charge in [0.25, 0.3) is 0 Å². The van der Waals surface area contributed by atoms with Gasteiger partial charge in [-0.2, -0.15) is 0 Å². The molecule has 0 saturated carbocycles. The van der Waals surface area contributed by atoms with Crippen LogP contribution >= 0.6 is 11.3 Å². The summed E-state index contributed by atoms with van der Waals surface area (Å²) in [5, 5.41) is 2.58. The molecular formula is C49H33NS. The second-order valence-corrected chi connectivity index (χ2v) is 14.3. The summed E-state index contributed by atoms with van der Waals surface area (Å²) in [7, 11) is 0. The Morgan fingerprint density at radius 3 is 1.69 bits per heavy atom. The number of anilines is 3. The van der Waals surface area contributed by atoms with Crippen LogP contribution in [0.25, 0.3) is 42.4 Å². The van der Waals surface area contributed by atoms with Gasteiger partial charge >= 0.3 is 0 Å². The first kappa shape index (κ1) is 29.7. The standard InChI is InChI=1S/C49H33NS/c1-4-16-34(17-5-1)39-22-11-14-26-46(39)50(37-29-31-48-43(32-37)42-24-12-15-27-47(42)51-48)38-28-30-41-40-23-10-13-25-44(40)49(45(41)33-38,35-18-6-2-7-19-35)36-20-8-3-9-21-36/h1-33H. The number of hydrogen-bond donors (Lipinski definition) is 0. The summed E-state index contributed by atoms with van der Waals surface area (Å²) < 4.78 is 2.61. The van der Waals surface area contributed by atoms with Gasteiger partial charge in [0, 0.05) is 37.1 Å². The van der Waals surface area contributed by atoms with Gasteiger partial charge in [0.2, 0.25) is 0 Å². The smallest absolute Gasteiger partial charge is 0.0714 e. The lowest BCUT2D eigenvalue weighted by atomic mass is 9.67. The topological polar surface area (TPSA) is 3.24 Å². The molecule has 0 aliphatic heterocycles. The van der Waals surface area contributed by atoms with Crippen molar-refractivity contribution in [2.75, 3.05) is 4.90 Å². The third-order valence-electron chi connectivity index (χ3n) is 10.5. The maximum Gasteiger partial charge on any atom is 0.0714 e. The van der Waals surface area contributed by atoms with Crippen LogP contribution in [0.15, 0.2) is 200 Å². The molecule has 1 nitrogen and oxygen atoms in total. The van der Waals surface area contributed by atoms with E-state index in [1.165, 1.54) is 64.7 Å². The minimum atomic E-state index is -0.484. The van der Waals surface area contributed by atoms with Crippen LogP contribution in [0.5, 0.6) is 0 Å². The molecule has 9 aromatic rings. The summed E-state index contributed by atoms with van der Waals surface area (Å²) >= 11 is 1.86. The van der Waals surface area contributed by atoms with E-state index in [2.05, 4.69) is 205 Å². The molecule has 0 N–H and O–H groups in total. The molecule has 1 aliphatic carbocycles. The van der Waals surface area contributed by atoms with Gasteiger partial charge in [0.15, 0.2) is 0 Å². The largest absolute Gasteiger partial charge is 0.310 e. The van der Waals surface area contributed by atoms with Crippen molar-refractivity contribution in [3.63, 3.8) is 0 Å². The number of thiophene rings is 1. The van der Waals surface area contributed by atoms with Crippen molar-refractivity contribution < 1.29 is 0 Å². The predicted molar refractivity (Wildman–Crippen MR) is 217 cm³/mol. The fraction of sp³-hybridized carbons (Fsp3) is 0.0204. The highest BCUT2D eigenvalue weighted by Gasteiger charge is 2.46. The highest BCUT2D eigenvalue weighted by molar-refractivity contribution is 7.25. The van der Waals surface area contributed by atoms with Gasteiger partial charge in [-0.05, 0) is 81.4 Å². The van der Waals surface area contributed by atoms with Crippen molar-refractivity contribution >= 4 is 48.6 Å². The van der Waals surface area contributed by atoms with E-state index >= 15 is 0 Å². The quantitative estimate of drug-likeness (QED) is 0.171. The van der Waals surface area contributed by atoms with Gasteiger partial charge in [0.05, 0.1) is 11.1 Å². The molecule has 0 amide bonds. The van der Waals surface area contributed by atoms with Crippen LogP contribution in [-0.2, 0) is 5.41 Å². The van der Waals surface area contributed by atoms with Crippen LogP contribution in [0.3, 0.4) is 0 Å². The van der Waals surface area contributed by atoms with Crippen molar-refractivity contribution in [3.05, 3.63) is 222 Å². The average molecular weight is 668 g/mol. The first-order chi connectivity index (χ1) is 25.3. The van der Waals surface area contributed by atoms with Crippen LogP contribution in [0.2, 0.25) is 0 Å². The lowest BCUT2D eigenvalue weighted by Gasteiger charge is -2.35. The molecule has 8 aromatic carbocycles. The molecule has 1 heterocycles. The summed E-state index contributed by atoms with van der Waals surface area (Å²) in [4.78, 5) is 2.47. The van der Waals surface area contributed by atoms with E-state index in [0.717, 1.165) is 17.1 Å².